The minimum absolute atomic E-state index is 0.0237. The quantitative estimate of drug-likeness (QED) is 0.735. The van der Waals surface area contributed by atoms with E-state index >= 15 is 0 Å². The van der Waals surface area contributed by atoms with Gasteiger partial charge in [0.25, 0.3) is 10.0 Å². The van der Waals surface area contributed by atoms with E-state index in [0.717, 1.165) is 11.3 Å². The number of nitrogens with zero attached hydrogens (tertiary/aromatic N) is 4. The molecule has 0 radical (unpaired) electrons. The fourth-order valence-corrected chi connectivity index (χ4v) is 4.84. The fourth-order valence-electron chi connectivity index (χ4n) is 2.11. The summed E-state index contributed by atoms with van der Waals surface area (Å²) in [7, 11) is -3.75. The highest BCUT2D eigenvalue weighted by atomic mass is 32.2. The van der Waals surface area contributed by atoms with Crippen LogP contribution in [0, 0.1) is 6.92 Å². The van der Waals surface area contributed by atoms with Crippen molar-refractivity contribution in [2.75, 3.05) is 17.0 Å². The highest BCUT2D eigenvalue weighted by molar-refractivity contribution is 8.15. The summed E-state index contributed by atoms with van der Waals surface area (Å²) in [6, 6.07) is 6.08. The number of aliphatic imine (C=N–C) groups is 1. The van der Waals surface area contributed by atoms with Gasteiger partial charge in [0, 0.05) is 6.54 Å². The SMILES string of the molecule is C=CCN1C(=O)CSC1=Nc1ccc(S(=O)(=O)Nc2nnc(C)s2)cc1. The van der Waals surface area contributed by atoms with Crippen LogP contribution in [0.5, 0.6) is 0 Å². The maximum atomic E-state index is 12.4. The van der Waals surface area contributed by atoms with Crippen molar-refractivity contribution in [2.24, 2.45) is 4.99 Å². The number of aromatic nitrogens is 2. The smallest absolute Gasteiger partial charge is 0.263 e. The fraction of sp³-hybridized carbons (Fsp3) is 0.200. The number of hydrogen-bond donors (Lipinski definition) is 1. The standard InChI is InChI=1S/C15H15N5O3S3/c1-3-8-20-13(21)9-24-15(20)16-11-4-6-12(7-5-11)26(22,23)19-14-18-17-10(2)25-14/h3-7H,1,8-9H2,2H3,(H,18,19). The maximum Gasteiger partial charge on any atom is 0.263 e. The number of aryl methyl sites for hydroxylation is 1. The van der Waals surface area contributed by atoms with Crippen molar-refractivity contribution in [1.29, 1.82) is 0 Å². The third-order valence-corrected chi connectivity index (χ3v) is 6.49. The van der Waals surface area contributed by atoms with Gasteiger partial charge in [-0.05, 0) is 31.2 Å². The molecule has 1 saturated heterocycles. The summed E-state index contributed by atoms with van der Waals surface area (Å²) >= 11 is 2.50. The molecule has 0 atom stereocenters. The maximum absolute atomic E-state index is 12.4. The molecule has 11 heteroatoms. The number of carbonyl (C=O) groups excluding carboxylic acids is 1. The van der Waals surface area contributed by atoms with E-state index in [4.69, 9.17) is 0 Å². The van der Waals surface area contributed by atoms with Crippen LogP contribution in [0.25, 0.3) is 0 Å². The van der Waals surface area contributed by atoms with Crippen molar-refractivity contribution in [3.05, 3.63) is 41.9 Å². The van der Waals surface area contributed by atoms with Crippen LogP contribution < -0.4 is 4.72 Å². The van der Waals surface area contributed by atoms with Gasteiger partial charge in [-0.1, -0.05) is 29.2 Å². The normalized spacial score (nSPS) is 16.3. The van der Waals surface area contributed by atoms with Gasteiger partial charge >= 0.3 is 0 Å². The van der Waals surface area contributed by atoms with Crippen LogP contribution in [-0.2, 0) is 14.8 Å². The number of nitrogens with one attached hydrogen (secondary N) is 1. The van der Waals surface area contributed by atoms with Crippen LogP contribution in [0.3, 0.4) is 0 Å². The lowest BCUT2D eigenvalue weighted by Gasteiger charge is -2.13. The van der Waals surface area contributed by atoms with Gasteiger partial charge in [0.15, 0.2) is 5.17 Å². The Hall–Kier alpha value is -2.24. The van der Waals surface area contributed by atoms with Crippen molar-refractivity contribution in [3.8, 4) is 0 Å². The van der Waals surface area contributed by atoms with E-state index in [0.29, 0.717) is 28.2 Å². The molecule has 26 heavy (non-hydrogen) atoms. The molecule has 2 aromatic rings. The summed E-state index contributed by atoms with van der Waals surface area (Å²) in [5, 5.41) is 8.99. The second-order valence-corrected chi connectivity index (χ2v) is 9.01. The van der Waals surface area contributed by atoms with Crippen molar-refractivity contribution < 1.29 is 13.2 Å². The van der Waals surface area contributed by atoms with Gasteiger partial charge in [0.05, 0.1) is 16.3 Å². The third-order valence-electron chi connectivity index (χ3n) is 3.29. The second-order valence-electron chi connectivity index (χ2n) is 5.20. The number of amides is 1. The number of carbonyl (C=O) groups is 1. The van der Waals surface area contributed by atoms with Crippen molar-refractivity contribution in [3.63, 3.8) is 0 Å². The summed E-state index contributed by atoms with van der Waals surface area (Å²) in [5.41, 5.74) is 0.557. The molecule has 0 aliphatic carbocycles. The van der Waals surface area contributed by atoms with Gasteiger partial charge in [0.2, 0.25) is 11.0 Å². The lowest BCUT2D eigenvalue weighted by Crippen LogP contribution is -2.29. The first-order chi connectivity index (χ1) is 12.4. The Labute approximate surface area is 159 Å². The molecule has 1 amide bonds. The topological polar surface area (TPSA) is 105 Å². The molecule has 3 rings (SSSR count). The number of anilines is 1. The van der Waals surface area contributed by atoms with Crippen LogP contribution in [0.2, 0.25) is 0 Å². The highest BCUT2D eigenvalue weighted by Crippen LogP contribution is 2.25. The Bertz CT molecular complexity index is 967. The summed E-state index contributed by atoms with van der Waals surface area (Å²) in [4.78, 5) is 17.9. The van der Waals surface area contributed by atoms with Crippen LogP contribution in [0.15, 0.2) is 46.8 Å². The first-order valence-electron chi connectivity index (χ1n) is 7.45. The summed E-state index contributed by atoms with van der Waals surface area (Å²) < 4.78 is 27.1. The first-order valence-corrected chi connectivity index (χ1v) is 10.7. The molecule has 1 aliphatic heterocycles. The number of thioether (sulfide) groups is 1. The molecule has 1 aromatic carbocycles. The molecular formula is C15H15N5O3S3. The molecule has 136 valence electrons. The zero-order chi connectivity index (χ0) is 18.7. The predicted octanol–water partition coefficient (Wildman–Crippen LogP) is 2.40. The zero-order valence-electron chi connectivity index (χ0n) is 13.7. The minimum atomic E-state index is -3.75. The second kappa shape index (κ2) is 7.56. The van der Waals surface area contributed by atoms with E-state index in [1.165, 1.54) is 23.9 Å². The molecular weight excluding hydrogens is 394 g/mol. The molecule has 0 spiro atoms. The van der Waals surface area contributed by atoms with Crippen LogP contribution in [0.1, 0.15) is 5.01 Å². The van der Waals surface area contributed by atoms with E-state index < -0.39 is 10.0 Å². The molecule has 1 aromatic heterocycles. The van der Waals surface area contributed by atoms with Crippen molar-refractivity contribution >= 4 is 55.0 Å². The van der Waals surface area contributed by atoms with Crippen molar-refractivity contribution in [2.45, 2.75) is 11.8 Å². The van der Waals surface area contributed by atoms with E-state index in [1.54, 1.807) is 30.0 Å². The van der Waals surface area contributed by atoms with Gasteiger partial charge in [0.1, 0.15) is 5.01 Å². The molecule has 0 unspecified atom stereocenters. The number of rotatable bonds is 6. The predicted molar refractivity (Wildman–Crippen MR) is 103 cm³/mol. The Kier molecular flexibility index (Phi) is 5.39. The van der Waals surface area contributed by atoms with Crippen molar-refractivity contribution in [1.82, 2.24) is 15.1 Å². The van der Waals surface area contributed by atoms with Crippen LogP contribution >= 0.6 is 23.1 Å². The summed E-state index contributed by atoms with van der Waals surface area (Å²) in [5.74, 6) is 0.314. The molecule has 1 fully saturated rings. The van der Waals surface area contributed by atoms with Gasteiger partial charge < -0.3 is 0 Å². The zero-order valence-corrected chi connectivity index (χ0v) is 16.2. The van der Waals surface area contributed by atoms with Crippen LogP contribution in [0.4, 0.5) is 10.8 Å². The Morgan fingerprint density at radius 3 is 2.69 bits per heavy atom. The number of benzene rings is 1. The lowest BCUT2D eigenvalue weighted by atomic mass is 10.3. The number of amidine groups is 1. The minimum Gasteiger partial charge on any atom is -0.287 e. The average Bonchev–Trinajstić information content (AvgIpc) is 3.15. The van der Waals surface area contributed by atoms with E-state index in [2.05, 4.69) is 26.5 Å². The Balaban J connectivity index is 1.79. The molecule has 1 N–H and O–H groups in total. The van der Waals surface area contributed by atoms with Gasteiger partial charge in [-0.3, -0.25) is 14.4 Å². The Morgan fingerprint density at radius 1 is 1.35 bits per heavy atom. The number of hydrogen-bond acceptors (Lipinski definition) is 8. The molecule has 0 bridgehead atoms. The summed E-state index contributed by atoms with van der Waals surface area (Å²) in [6.45, 7) is 5.77. The number of sulfonamides is 1. The Morgan fingerprint density at radius 2 is 2.08 bits per heavy atom. The van der Waals surface area contributed by atoms with Gasteiger partial charge in [-0.15, -0.1) is 16.8 Å². The summed E-state index contributed by atoms with van der Waals surface area (Å²) in [6.07, 6.45) is 1.63. The largest absolute Gasteiger partial charge is 0.287 e. The molecule has 8 nitrogen and oxygen atoms in total. The highest BCUT2D eigenvalue weighted by Gasteiger charge is 2.27. The lowest BCUT2D eigenvalue weighted by molar-refractivity contribution is -0.123. The van der Waals surface area contributed by atoms with E-state index in [9.17, 15) is 13.2 Å². The van der Waals surface area contributed by atoms with E-state index in [1.807, 2.05) is 0 Å². The molecule has 1 aliphatic rings. The third kappa shape index (κ3) is 4.11. The van der Waals surface area contributed by atoms with Gasteiger partial charge in [-0.25, -0.2) is 13.4 Å². The molecule has 2 heterocycles. The average molecular weight is 410 g/mol. The molecule has 0 saturated carbocycles. The van der Waals surface area contributed by atoms with Gasteiger partial charge in [-0.2, -0.15) is 0 Å². The monoisotopic (exact) mass is 409 g/mol. The van der Waals surface area contributed by atoms with E-state index in [-0.39, 0.29) is 15.9 Å². The first kappa shape index (κ1) is 18.5. The van der Waals surface area contributed by atoms with Crippen LogP contribution in [-0.4, -0.2) is 46.9 Å².